The van der Waals surface area contributed by atoms with Crippen LogP contribution in [0.1, 0.15) is 45.5 Å². The number of nitrogens with one attached hydrogen (secondary N) is 2. The third-order valence-electron chi connectivity index (χ3n) is 3.43. The van der Waals surface area contributed by atoms with Gasteiger partial charge in [0, 0.05) is 18.6 Å². The first-order chi connectivity index (χ1) is 9.69. The molecule has 0 fully saturated rings. The molecule has 0 aliphatic heterocycles. The molecule has 1 heterocycles. The molecule has 1 unspecified atom stereocenters. The lowest BCUT2D eigenvalue weighted by atomic mass is 10.3. The van der Waals surface area contributed by atoms with Gasteiger partial charge in [-0.05, 0) is 27.2 Å². The third-order valence-corrected chi connectivity index (χ3v) is 5.27. The van der Waals surface area contributed by atoms with E-state index in [2.05, 4.69) is 29.0 Å². The van der Waals surface area contributed by atoms with Gasteiger partial charge in [-0.2, -0.15) is 5.10 Å². The van der Waals surface area contributed by atoms with Gasteiger partial charge in [0.05, 0.1) is 17.9 Å². The van der Waals surface area contributed by atoms with E-state index < -0.39 is 10.0 Å². The predicted octanol–water partition coefficient (Wildman–Crippen LogP) is 1.57. The van der Waals surface area contributed by atoms with Crippen molar-refractivity contribution in [2.24, 2.45) is 0 Å². The Morgan fingerprint density at radius 2 is 1.86 bits per heavy atom. The number of aromatic nitrogens is 2. The second-order valence-corrected chi connectivity index (χ2v) is 7.41. The number of nitrogens with zero attached hydrogens (tertiary/aromatic N) is 2. The lowest BCUT2D eigenvalue weighted by Gasteiger charge is -2.13. The summed E-state index contributed by atoms with van der Waals surface area (Å²) in [5.74, 6) is 0. The van der Waals surface area contributed by atoms with Crippen LogP contribution in [-0.4, -0.2) is 36.8 Å². The molecule has 0 saturated heterocycles. The van der Waals surface area contributed by atoms with Gasteiger partial charge in [0.15, 0.2) is 0 Å². The fourth-order valence-electron chi connectivity index (χ4n) is 2.15. The Morgan fingerprint density at radius 3 is 2.38 bits per heavy atom. The van der Waals surface area contributed by atoms with Gasteiger partial charge in [0.25, 0.3) is 0 Å². The molecule has 0 radical (unpaired) electrons. The molecule has 0 bridgehead atoms. The highest BCUT2D eigenvalue weighted by Gasteiger charge is 2.25. The molecule has 1 rings (SSSR count). The molecule has 0 saturated carbocycles. The van der Waals surface area contributed by atoms with E-state index in [-0.39, 0.29) is 6.04 Å². The van der Waals surface area contributed by atoms with Crippen LogP contribution in [0.3, 0.4) is 0 Å². The number of sulfonamides is 1. The highest BCUT2D eigenvalue weighted by molar-refractivity contribution is 7.89. The van der Waals surface area contributed by atoms with Crippen molar-refractivity contribution in [1.82, 2.24) is 19.8 Å². The maximum absolute atomic E-state index is 12.5. The Kier molecular flexibility index (Phi) is 6.37. The van der Waals surface area contributed by atoms with Gasteiger partial charge in [0.1, 0.15) is 4.90 Å². The van der Waals surface area contributed by atoms with E-state index in [0.29, 0.717) is 28.9 Å². The maximum atomic E-state index is 12.5. The van der Waals surface area contributed by atoms with Crippen LogP contribution in [0.2, 0.25) is 0 Å². The molecule has 0 aliphatic carbocycles. The summed E-state index contributed by atoms with van der Waals surface area (Å²) < 4.78 is 29.4. The Balaban J connectivity index is 2.96. The first-order valence-electron chi connectivity index (χ1n) is 7.48. The van der Waals surface area contributed by atoms with Gasteiger partial charge in [-0.1, -0.05) is 20.8 Å². The quantitative estimate of drug-likeness (QED) is 0.763. The molecule has 0 spiro atoms. The molecule has 122 valence electrons. The van der Waals surface area contributed by atoms with Crippen molar-refractivity contribution in [3.05, 3.63) is 11.4 Å². The zero-order chi connectivity index (χ0) is 16.2. The Labute approximate surface area is 128 Å². The fraction of sp³-hybridized carbons (Fsp3) is 0.786. The molecule has 2 N–H and O–H groups in total. The van der Waals surface area contributed by atoms with Gasteiger partial charge in [-0.3, -0.25) is 4.68 Å². The smallest absolute Gasteiger partial charge is 0.244 e. The molecule has 7 heteroatoms. The number of rotatable bonds is 8. The van der Waals surface area contributed by atoms with E-state index >= 15 is 0 Å². The molecule has 6 nitrogen and oxygen atoms in total. The van der Waals surface area contributed by atoms with Crippen LogP contribution >= 0.6 is 0 Å². The van der Waals surface area contributed by atoms with Crippen molar-refractivity contribution in [1.29, 1.82) is 0 Å². The predicted molar refractivity (Wildman–Crippen MR) is 84.9 cm³/mol. The average molecular weight is 316 g/mol. The van der Waals surface area contributed by atoms with Crippen LogP contribution in [0.5, 0.6) is 0 Å². The van der Waals surface area contributed by atoms with Gasteiger partial charge in [-0.15, -0.1) is 0 Å². The van der Waals surface area contributed by atoms with Crippen LogP contribution in [-0.2, 0) is 16.6 Å². The largest absolute Gasteiger partial charge is 0.313 e. The van der Waals surface area contributed by atoms with Crippen molar-refractivity contribution in [3.8, 4) is 0 Å². The van der Waals surface area contributed by atoms with Gasteiger partial charge in [-0.25, -0.2) is 13.1 Å². The Bertz CT molecular complexity index is 564. The maximum Gasteiger partial charge on any atom is 0.244 e. The van der Waals surface area contributed by atoms with Crippen LogP contribution in [0.4, 0.5) is 0 Å². The van der Waals surface area contributed by atoms with E-state index in [9.17, 15) is 8.42 Å². The first-order valence-corrected chi connectivity index (χ1v) is 8.97. The topological polar surface area (TPSA) is 76.0 Å². The van der Waals surface area contributed by atoms with E-state index in [4.69, 9.17) is 0 Å². The number of hydrogen-bond acceptors (Lipinski definition) is 4. The average Bonchev–Trinajstić information content (AvgIpc) is 2.63. The lowest BCUT2D eigenvalue weighted by Crippen LogP contribution is -2.32. The molecule has 1 aromatic rings. The highest BCUT2D eigenvalue weighted by Crippen LogP contribution is 2.19. The summed E-state index contributed by atoms with van der Waals surface area (Å²) in [5, 5.41) is 7.67. The van der Waals surface area contributed by atoms with Crippen LogP contribution in [0.15, 0.2) is 4.90 Å². The Hall–Kier alpha value is -0.920. The second-order valence-electron chi connectivity index (χ2n) is 5.76. The van der Waals surface area contributed by atoms with Gasteiger partial charge in [0.2, 0.25) is 10.0 Å². The van der Waals surface area contributed by atoms with Gasteiger partial charge < -0.3 is 5.32 Å². The summed E-state index contributed by atoms with van der Waals surface area (Å²) in [5.41, 5.74) is 1.24. The van der Waals surface area contributed by atoms with Crippen LogP contribution in [0.25, 0.3) is 0 Å². The number of aryl methyl sites for hydroxylation is 1. The number of hydrogen-bond donors (Lipinski definition) is 2. The molecule has 21 heavy (non-hydrogen) atoms. The van der Waals surface area contributed by atoms with Gasteiger partial charge >= 0.3 is 0 Å². The molecule has 0 aliphatic rings. The van der Waals surface area contributed by atoms with Crippen molar-refractivity contribution >= 4 is 10.0 Å². The third kappa shape index (κ3) is 4.79. The zero-order valence-corrected chi connectivity index (χ0v) is 14.7. The molecule has 0 amide bonds. The van der Waals surface area contributed by atoms with E-state index in [0.717, 1.165) is 13.0 Å². The van der Waals surface area contributed by atoms with Crippen molar-refractivity contribution in [2.75, 3.05) is 6.54 Å². The first kappa shape index (κ1) is 18.1. The van der Waals surface area contributed by atoms with Crippen molar-refractivity contribution in [2.45, 2.75) is 71.5 Å². The SMILES string of the molecule is CCC(C)NS(=O)(=O)c1c(C)nn(CCNC(C)C)c1C. The highest BCUT2D eigenvalue weighted by atomic mass is 32.2. The summed E-state index contributed by atoms with van der Waals surface area (Å²) in [6.45, 7) is 12.9. The summed E-state index contributed by atoms with van der Waals surface area (Å²) >= 11 is 0. The second kappa shape index (κ2) is 7.38. The van der Waals surface area contributed by atoms with E-state index in [1.165, 1.54) is 0 Å². The minimum Gasteiger partial charge on any atom is -0.313 e. The van der Waals surface area contributed by atoms with Crippen LogP contribution < -0.4 is 10.0 Å². The Morgan fingerprint density at radius 1 is 1.24 bits per heavy atom. The van der Waals surface area contributed by atoms with Crippen LogP contribution in [0, 0.1) is 13.8 Å². The molecule has 1 aromatic heterocycles. The normalized spacial score (nSPS) is 13.9. The molecule has 1 atom stereocenters. The zero-order valence-electron chi connectivity index (χ0n) is 13.9. The molecular weight excluding hydrogens is 288 g/mol. The standard InChI is InChI=1S/C14H28N4O2S/c1-7-11(4)17-21(19,20)14-12(5)16-18(13(14)6)9-8-15-10(2)3/h10-11,15,17H,7-9H2,1-6H3. The van der Waals surface area contributed by atoms with E-state index in [1.54, 1.807) is 18.5 Å². The summed E-state index contributed by atoms with van der Waals surface area (Å²) in [7, 11) is -3.51. The lowest BCUT2D eigenvalue weighted by molar-refractivity contribution is 0.506. The fourth-order valence-corrected chi connectivity index (χ4v) is 3.89. The minimum absolute atomic E-state index is 0.0836. The summed E-state index contributed by atoms with van der Waals surface area (Å²) in [4.78, 5) is 0.312. The monoisotopic (exact) mass is 316 g/mol. The van der Waals surface area contributed by atoms with Crippen molar-refractivity contribution in [3.63, 3.8) is 0 Å². The summed E-state index contributed by atoms with van der Waals surface area (Å²) in [6, 6.07) is 0.317. The summed E-state index contributed by atoms with van der Waals surface area (Å²) in [6.07, 6.45) is 0.754. The van der Waals surface area contributed by atoms with Crippen molar-refractivity contribution < 1.29 is 8.42 Å². The molecular formula is C14H28N4O2S. The minimum atomic E-state index is -3.51. The molecule has 0 aromatic carbocycles. The van der Waals surface area contributed by atoms with E-state index in [1.807, 2.05) is 13.8 Å².